The minimum absolute atomic E-state index is 0.213. The molecule has 0 unspecified atom stereocenters. The van der Waals surface area contributed by atoms with E-state index < -0.39 is 11.6 Å². The van der Waals surface area contributed by atoms with Crippen molar-refractivity contribution in [3.8, 4) is 0 Å². The van der Waals surface area contributed by atoms with E-state index in [1.165, 1.54) is 4.68 Å². The Balaban J connectivity index is 2.68. The van der Waals surface area contributed by atoms with Gasteiger partial charge in [-0.3, -0.25) is 0 Å². The minimum Gasteiger partial charge on any atom is -0.455 e. The smallest absolute Gasteiger partial charge is 0.356 e. The molecule has 0 N–H and O–H groups in total. The van der Waals surface area contributed by atoms with E-state index in [0.717, 1.165) is 0 Å². The van der Waals surface area contributed by atoms with E-state index in [1.807, 2.05) is 0 Å². The topological polar surface area (TPSA) is 44.1 Å². The quantitative estimate of drug-likeness (QED) is 0.531. The minimum atomic E-state index is -0.507. The molecule has 4 heteroatoms. The van der Waals surface area contributed by atoms with Crippen LogP contribution in [-0.2, 0) is 9.53 Å². The van der Waals surface area contributed by atoms with Gasteiger partial charge in [0.2, 0.25) is 0 Å². The summed E-state index contributed by atoms with van der Waals surface area (Å²) in [7, 11) is 0. The maximum atomic E-state index is 11.5. The van der Waals surface area contributed by atoms with Crippen LogP contribution in [0.1, 0.15) is 20.8 Å². The van der Waals surface area contributed by atoms with Crippen LogP contribution in [0, 0.1) is 0 Å². The highest BCUT2D eigenvalue weighted by atomic mass is 16.6. The lowest BCUT2D eigenvalue weighted by Gasteiger charge is -2.19. The van der Waals surface area contributed by atoms with Crippen LogP contribution in [0.3, 0.4) is 0 Å². The molecule has 0 aromatic carbocycles. The first-order valence-corrected chi connectivity index (χ1v) is 4.32. The molecule has 0 amide bonds. The molecule has 0 bridgehead atoms. The number of hydrogen-bond acceptors (Lipinski definition) is 3. The molecule has 1 heterocycles. The molecule has 0 spiro atoms. The number of rotatable bonds is 2. The summed E-state index contributed by atoms with van der Waals surface area (Å²) >= 11 is 0. The average Bonchev–Trinajstić information content (AvgIpc) is 2.51. The summed E-state index contributed by atoms with van der Waals surface area (Å²) in [4.78, 5) is 11.5. The van der Waals surface area contributed by atoms with Crippen LogP contribution < -0.4 is 0 Å². The van der Waals surface area contributed by atoms with Crippen LogP contribution in [0.25, 0.3) is 5.70 Å². The fourth-order valence-electron chi connectivity index (χ4n) is 0.859. The monoisotopic (exact) mass is 194 g/mol. The van der Waals surface area contributed by atoms with Crippen molar-refractivity contribution in [2.75, 3.05) is 0 Å². The fourth-order valence-corrected chi connectivity index (χ4v) is 0.859. The molecule has 0 saturated heterocycles. The first-order valence-electron chi connectivity index (χ1n) is 4.32. The number of carbonyl (C=O) groups is 1. The second-order valence-electron chi connectivity index (χ2n) is 3.90. The van der Waals surface area contributed by atoms with Crippen molar-refractivity contribution in [3.63, 3.8) is 0 Å². The molecule has 0 atom stereocenters. The summed E-state index contributed by atoms with van der Waals surface area (Å²) < 4.78 is 6.51. The summed E-state index contributed by atoms with van der Waals surface area (Å²) in [5.74, 6) is -0.457. The Morgan fingerprint density at radius 1 is 1.50 bits per heavy atom. The van der Waals surface area contributed by atoms with E-state index in [-0.39, 0.29) is 5.70 Å². The van der Waals surface area contributed by atoms with Crippen molar-refractivity contribution >= 4 is 11.7 Å². The molecule has 0 aliphatic heterocycles. The lowest BCUT2D eigenvalue weighted by molar-refractivity contribution is -0.147. The summed E-state index contributed by atoms with van der Waals surface area (Å²) in [5, 5.41) is 3.88. The second-order valence-corrected chi connectivity index (χ2v) is 3.90. The average molecular weight is 194 g/mol. The van der Waals surface area contributed by atoms with Gasteiger partial charge in [0.25, 0.3) is 0 Å². The third-order valence-corrected chi connectivity index (χ3v) is 1.42. The largest absolute Gasteiger partial charge is 0.455 e. The van der Waals surface area contributed by atoms with Gasteiger partial charge >= 0.3 is 5.97 Å². The van der Waals surface area contributed by atoms with E-state index in [1.54, 1.807) is 39.2 Å². The van der Waals surface area contributed by atoms with Crippen molar-refractivity contribution in [2.24, 2.45) is 0 Å². The van der Waals surface area contributed by atoms with Gasteiger partial charge in [-0.25, -0.2) is 9.48 Å². The van der Waals surface area contributed by atoms with Crippen molar-refractivity contribution < 1.29 is 9.53 Å². The van der Waals surface area contributed by atoms with Crippen LogP contribution in [0.2, 0.25) is 0 Å². The molecule has 1 aromatic rings. The molecule has 14 heavy (non-hydrogen) atoms. The van der Waals surface area contributed by atoms with Crippen LogP contribution in [0.15, 0.2) is 25.0 Å². The Bertz CT molecular complexity index is 334. The Labute approximate surface area is 83.2 Å². The van der Waals surface area contributed by atoms with Gasteiger partial charge in [0.05, 0.1) is 0 Å². The normalized spacial score (nSPS) is 11.1. The summed E-state index contributed by atoms with van der Waals surface area (Å²) in [5.41, 5.74) is -0.294. The number of carbonyl (C=O) groups excluding carboxylic acids is 1. The van der Waals surface area contributed by atoms with Gasteiger partial charge in [0.1, 0.15) is 11.3 Å². The van der Waals surface area contributed by atoms with Crippen molar-refractivity contribution in [1.82, 2.24) is 9.78 Å². The maximum absolute atomic E-state index is 11.5. The highest BCUT2D eigenvalue weighted by Crippen LogP contribution is 2.11. The molecule has 1 aromatic heterocycles. The molecular weight excluding hydrogens is 180 g/mol. The molecular formula is C10H14N2O2. The molecule has 1 rings (SSSR count). The third-order valence-electron chi connectivity index (χ3n) is 1.42. The standard InChI is InChI=1S/C10H14N2O2/c1-8(12-7-5-6-11-12)9(13)14-10(2,3)4/h5-7H,1H2,2-4H3. The summed E-state index contributed by atoms with van der Waals surface area (Å²) in [6.07, 6.45) is 3.22. The molecule has 4 nitrogen and oxygen atoms in total. The molecule has 0 aliphatic carbocycles. The van der Waals surface area contributed by atoms with Gasteiger partial charge in [0, 0.05) is 12.4 Å². The number of nitrogens with zero attached hydrogens (tertiary/aromatic N) is 2. The number of aromatic nitrogens is 2. The van der Waals surface area contributed by atoms with E-state index in [2.05, 4.69) is 11.7 Å². The molecule has 0 fully saturated rings. The van der Waals surface area contributed by atoms with E-state index in [0.29, 0.717) is 0 Å². The van der Waals surface area contributed by atoms with Gasteiger partial charge in [-0.1, -0.05) is 6.58 Å². The number of ether oxygens (including phenoxy) is 1. The highest BCUT2D eigenvalue weighted by Gasteiger charge is 2.19. The van der Waals surface area contributed by atoms with Crippen molar-refractivity contribution in [2.45, 2.75) is 26.4 Å². The Morgan fingerprint density at radius 3 is 2.57 bits per heavy atom. The van der Waals surface area contributed by atoms with E-state index in [9.17, 15) is 4.79 Å². The van der Waals surface area contributed by atoms with Crippen LogP contribution >= 0.6 is 0 Å². The van der Waals surface area contributed by atoms with Gasteiger partial charge in [-0.2, -0.15) is 5.10 Å². The maximum Gasteiger partial charge on any atom is 0.356 e. The van der Waals surface area contributed by atoms with Crippen LogP contribution in [0.4, 0.5) is 0 Å². The summed E-state index contributed by atoms with van der Waals surface area (Å²) in [6.45, 7) is 9.03. The lowest BCUT2D eigenvalue weighted by Crippen LogP contribution is -2.25. The van der Waals surface area contributed by atoms with Crippen LogP contribution in [0.5, 0.6) is 0 Å². The van der Waals surface area contributed by atoms with E-state index in [4.69, 9.17) is 4.74 Å². The SMILES string of the molecule is C=C(C(=O)OC(C)(C)C)n1cccn1. The van der Waals surface area contributed by atoms with Gasteiger partial charge in [-0.15, -0.1) is 0 Å². The highest BCUT2D eigenvalue weighted by molar-refractivity contribution is 6.08. The van der Waals surface area contributed by atoms with E-state index >= 15 is 0 Å². The predicted molar refractivity (Wildman–Crippen MR) is 53.4 cm³/mol. The third kappa shape index (κ3) is 2.73. The zero-order valence-corrected chi connectivity index (χ0v) is 8.65. The molecule has 0 aliphatic rings. The Hall–Kier alpha value is -1.58. The van der Waals surface area contributed by atoms with Gasteiger partial charge in [-0.05, 0) is 26.8 Å². The number of hydrogen-bond donors (Lipinski definition) is 0. The first kappa shape index (κ1) is 10.5. The first-order chi connectivity index (χ1) is 6.40. The van der Waals surface area contributed by atoms with Crippen molar-refractivity contribution in [1.29, 1.82) is 0 Å². The van der Waals surface area contributed by atoms with Crippen molar-refractivity contribution in [3.05, 3.63) is 25.0 Å². The Morgan fingerprint density at radius 2 is 2.14 bits per heavy atom. The second kappa shape index (κ2) is 3.65. The summed E-state index contributed by atoms with van der Waals surface area (Å²) in [6, 6.07) is 1.72. The molecule has 0 saturated carbocycles. The zero-order valence-electron chi connectivity index (χ0n) is 8.65. The van der Waals surface area contributed by atoms with Crippen LogP contribution in [-0.4, -0.2) is 21.4 Å². The van der Waals surface area contributed by atoms with Gasteiger partial charge in [0.15, 0.2) is 0 Å². The zero-order chi connectivity index (χ0) is 10.8. The predicted octanol–water partition coefficient (Wildman–Crippen LogP) is 1.70. The molecule has 0 radical (unpaired) electrons. The lowest BCUT2D eigenvalue weighted by atomic mass is 10.2. The Kier molecular flexibility index (Phi) is 2.74. The fraction of sp³-hybridized carbons (Fsp3) is 0.400. The molecule has 76 valence electrons. The number of esters is 1. The van der Waals surface area contributed by atoms with Gasteiger partial charge < -0.3 is 4.74 Å².